The van der Waals surface area contributed by atoms with Crippen molar-refractivity contribution < 1.29 is 74.1 Å². The number of ether oxygens (including phenoxy) is 5. The molecule has 9 N–H and O–H groups in total. The predicted octanol–water partition coefficient (Wildman–Crippen LogP) is -1.77. The van der Waals surface area contributed by atoms with Crippen LogP contribution in [-0.4, -0.2) is 122 Å². The van der Waals surface area contributed by atoms with Gasteiger partial charge in [0, 0.05) is 17.7 Å². The molecule has 43 heavy (non-hydrogen) atoms. The van der Waals surface area contributed by atoms with Crippen LogP contribution in [0.25, 0.3) is 22.3 Å². The third-order valence-corrected chi connectivity index (χ3v) is 7.16. The molecule has 3 heterocycles. The molecule has 3 aromatic rings. The van der Waals surface area contributed by atoms with E-state index in [-0.39, 0.29) is 28.4 Å². The normalized spacial score (nSPS) is 31.2. The van der Waals surface area contributed by atoms with Crippen LogP contribution < -0.4 is 14.9 Å². The molecule has 9 atom stereocenters. The van der Waals surface area contributed by atoms with Gasteiger partial charge in [-0.05, 0) is 18.2 Å². The third kappa shape index (κ3) is 5.67. The fourth-order valence-corrected chi connectivity index (χ4v) is 4.85. The minimum Gasteiger partial charge on any atom is -0.508 e. The number of rotatable bonds is 7. The molecule has 16 heteroatoms. The van der Waals surface area contributed by atoms with Crippen LogP contribution in [0, 0.1) is 0 Å². The Morgan fingerprint density at radius 1 is 0.907 bits per heavy atom. The largest absolute Gasteiger partial charge is 0.508 e. The highest BCUT2D eigenvalue weighted by Gasteiger charge is 2.50. The summed E-state index contributed by atoms with van der Waals surface area (Å²) in [7, 11) is 1.28. The lowest BCUT2D eigenvalue weighted by Gasteiger charge is -2.44. The Kier molecular flexibility index (Phi) is 8.66. The number of aromatic hydroxyl groups is 3. The molecule has 0 amide bonds. The molecule has 0 radical (unpaired) electrons. The van der Waals surface area contributed by atoms with Gasteiger partial charge < -0.3 is 74.1 Å². The van der Waals surface area contributed by atoms with Gasteiger partial charge >= 0.3 is 0 Å². The van der Waals surface area contributed by atoms with Gasteiger partial charge in [0.15, 0.2) is 29.7 Å². The van der Waals surface area contributed by atoms with Gasteiger partial charge in [-0.2, -0.15) is 0 Å². The second-order valence-corrected chi connectivity index (χ2v) is 9.99. The molecule has 0 unspecified atom stereocenters. The number of fused-ring (bicyclic) bond motifs is 1. The molecular formula is C27H30O16. The highest BCUT2D eigenvalue weighted by atomic mass is 16.8. The van der Waals surface area contributed by atoms with E-state index in [1.165, 1.54) is 25.3 Å². The minimum absolute atomic E-state index is 0.0249. The zero-order chi connectivity index (χ0) is 31.2. The molecule has 16 nitrogen and oxygen atoms in total. The van der Waals surface area contributed by atoms with Crippen LogP contribution in [0.5, 0.6) is 28.7 Å². The summed E-state index contributed by atoms with van der Waals surface area (Å²) in [5.74, 6) is -2.34. The fraction of sp³-hybridized carbons (Fsp3) is 0.444. The number of aliphatic hydroxyl groups is 6. The van der Waals surface area contributed by atoms with Gasteiger partial charge in [0.05, 0.1) is 20.3 Å². The van der Waals surface area contributed by atoms with Crippen molar-refractivity contribution in [1.29, 1.82) is 0 Å². The summed E-state index contributed by atoms with van der Waals surface area (Å²) in [4.78, 5) is 13.8. The van der Waals surface area contributed by atoms with E-state index in [4.69, 9.17) is 28.1 Å². The van der Waals surface area contributed by atoms with Crippen molar-refractivity contribution in [2.45, 2.75) is 55.3 Å². The summed E-state index contributed by atoms with van der Waals surface area (Å²) in [5.41, 5.74) is -1.15. The van der Waals surface area contributed by atoms with Crippen molar-refractivity contribution in [3.63, 3.8) is 0 Å². The van der Waals surface area contributed by atoms with E-state index in [0.29, 0.717) is 0 Å². The second kappa shape index (κ2) is 12.1. The van der Waals surface area contributed by atoms with E-state index < -0.39 is 96.6 Å². The summed E-state index contributed by atoms with van der Waals surface area (Å²) in [6.45, 7) is -1.28. The van der Waals surface area contributed by atoms with Crippen LogP contribution in [0.15, 0.2) is 39.5 Å². The Morgan fingerprint density at radius 3 is 2.35 bits per heavy atom. The standard InChI is InChI=1S/C27H30O16/c1-38-14-4-9(2-3-11(14)30)23-24(20(35)17-12(31)5-10(29)6-15(17)40-23)42-27-25(21(36)19(34)16(7-28)41-27)43-26-22(37)18(33)13(32)8-39-26/h2-6,13,16,18-19,21-22,25-34,36-37H,7-8H2,1H3/t13-,16+,18-,19+,21-,22+,25+,26-,27-/m0/s1. The first-order valence-electron chi connectivity index (χ1n) is 13.0. The first kappa shape index (κ1) is 30.7. The lowest BCUT2D eigenvalue weighted by Crippen LogP contribution is -2.64. The quantitative estimate of drug-likeness (QED) is 0.143. The number of phenolic OH excluding ortho intramolecular Hbond substituents is 3. The number of aliphatic hydroxyl groups excluding tert-OH is 6. The van der Waals surface area contributed by atoms with E-state index in [0.717, 1.165) is 12.1 Å². The Labute approximate surface area is 241 Å². The highest BCUT2D eigenvalue weighted by Crippen LogP contribution is 2.40. The maximum atomic E-state index is 13.8. The number of phenols is 3. The molecule has 0 spiro atoms. The van der Waals surface area contributed by atoms with Gasteiger partial charge in [0.2, 0.25) is 17.5 Å². The Bertz CT molecular complexity index is 1520. The van der Waals surface area contributed by atoms with Crippen LogP contribution in [0.4, 0.5) is 0 Å². The van der Waals surface area contributed by atoms with Gasteiger partial charge in [-0.3, -0.25) is 4.79 Å². The molecule has 2 aliphatic heterocycles. The van der Waals surface area contributed by atoms with Crippen molar-refractivity contribution in [3.05, 3.63) is 40.6 Å². The first-order valence-corrected chi connectivity index (χ1v) is 13.0. The molecule has 1 aromatic heterocycles. The lowest BCUT2D eigenvalue weighted by atomic mass is 9.98. The lowest BCUT2D eigenvalue weighted by molar-refractivity contribution is -0.345. The smallest absolute Gasteiger partial charge is 0.239 e. The van der Waals surface area contributed by atoms with E-state index in [2.05, 4.69) is 0 Å². The molecular weight excluding hydrogens is 580 g/mol. The number of benzene rings is 2. The summed E-state index contributed by atoms with van der Waals surface area (Å²) in [6.07, 6.45) is -15.3. The summed E-state index contributed by atoms with van der Waals surface area (Å²) >= 11 is 0. The van der Waals surface area contributed by atoms with Crippen molar-refractivity contribution in [3.8, 4) is 40.1 Å². The van der Waals surface area contributed by atoms with Gasteiger partial charge in [0.25, 0.3) is 0 Å². The molecule has 234 valence electrons. The third-order valence-electron chi connectivity index (χ3n) is 7.16. The zero-order valence-electron chi connectivity index (χ0n) is 22.4. The maximum Gasteiger partial charge on any atom is 0.239 e. The average Bonchev–Trinajstić information content (AvgIpc) is 2.97. The first-order chi connectivity index (χ1) is 20.4. The maximum absolute atomic E-state index is 13.8. The molecule has 0 bridgehead atoms. The Balaban J connectivity index is 1.63. The zero-order valence-corrected chi connectivity index (χ0v) is 22.4. The summed E-state index contributed by atoms with van der Waals surface area (Å²) in [5, 5.41) is 91.5. The molecule has 2 fully saturated rings. The molecule has 5 rings (SSSR count). The second-order valence-electron chi connectivity index (χ2n) is 9.99. The van der Waals surface area contributed by atoms with Crippen molar-refractivity contribution in [2.24, 2.45) is 0 Å². The van der Waals surface area contributed by atoms with E-state index in [1.54, 1.807) is 0 Å². The van der Waals surface area contributed by atoms with Crippen LogP contribution in [0.1, 0.15) is 0 Å². The molecule has 0 saturated carbocycles. The van der Waals surface area contributed by atoms with Gasteiger partial charge in [0.1, 0.15) is 59.1 Å². The molecule has 2 aromatic carbocycles. The summed E-state index contributed by atoms with van der Waals surface area (Å²) < 4.78 is 33.4. The number of hydrogen-bond donors (Lipinski definition) is 9. The Hall–Kier alpha value is -3.71. The van der Waals surface area contributed by atoms with E-state index in [9.17, 15) is 50.8 Å². The van der Waals surface area contributed by atoms with Crippen molar-refractivity contribution in [1.82, 2.24) is 0 Å². The number of methoxy groups -OCH3 is 1. The minimum atomic E-state index is -1.88. The van der Waals surface area contributed by atoms with Crippen LogP contribution in [-0.2, 0) is 14.2 Å². The molecule has 0 aliphatic carbocycles. The fourth-order valence-electron chi connectivity index (χ4n) is 4.85. The number of hydrogen-bond acceptors (Lipinski definition) is 16. The highest BCUT2D eigenvalue weighted by molar-refractivity contribution is 5.88. The average molecular weight is 611 g/mol. The Morgan fingerprint density at radius 2 is 1.65 bits per heavy atom. The van der Waals surface area contributed by atoms with Crippen molar-refractivity contribution >= 4 is 11.0 Å². The van der Waals surface area contributed by atoms with Gasteiger partial charge in [-0.25, -0.2) is 0 Å². The molecule has 2 aliphatic rings. The monoisotopic (exact) mass is 610 g/mol. The van der Waals surface area contributed by atoms with Gasteiger partial charge in [-0.1, -0.05) is 0 Å². The topological polar surface area (TPSA) is 258 Å². The van der Waals surface area contributed by atoms with Crippen LogP contribution in [0.2, 0.25) is 0 Å². The van der Waals surface area contributed by atoms with Crippen molar-refractivity contribution in [2.75, 3.05) is 20.3 Å². The van der Waals surface area contributed by atoms with E-state index in [1.807, 2.05) is 0 Å². The SMILES string of the molecule is COc1cc(-c2oc3cc(O)cc(O)c3c(=O)c2O[C@@H]2O[C@H](CO)[C@@H](O)[C@H](O)[C@H]2O[C@@H]2OC[C@H](O)[C@H](O)[C@H]2O)ccc1O. The van der Waals surface area contributed by atoms with Crippen LogP contribution >= 0.6 is 0 Å². The molecule has 2 saturated heterocycles. The summed E-state index contributed by atoms with van der Waals surface area (Å²) in [6, 6.07) is 5.81. The van der Waals surface area contributed by atoms with Gasteiger partial charge in [-0.15, -0.1) is 0 Å². The van der Waals surface area contributed by atoms with Crippen LogP contribution in [0.3, 0.4) is 0 Å². The predicted molar refractivity (Wildman–Crippen MR) is 140 cm³/mol. The van der Waals surface area contributed by atoms with E-state index >= 15 is 0 Å².